The highest BCUT2D eigenvalue weighted by Crippen LogP contribution is 2.06. The maximum atomic E-state index is 9.83. The Morgan fingerprint density at radius 1 is 0.833 bits per heavy atom. The molecular weight excluding hydrogens is 118 g/mol. The predicted octanol–water partition coefficient (Wildman–Crippen LogP) is 0.819. The van der Waals surface area contributed by atoms with Crippen LogP contribution in [0.1, 0.15) is 0 Å². The summed E-state index contributed by atoms with van der Waals surface area (Å²) in [5.74, 6) is 0. The summed E-state index contributed by atoms with van der Waals surface area (Å²) in [5.41, 5.74) is 0. The number of hydrogen-bond donors (Lipinski definition) is 0. The van der Waals surface area contributed by atoms with E-state index in [1.165, 1.54) is 0 Å². The van der Waals surface area contributed by atoms with E-state index in [2.05, 4.69) is 0 Å². The van der Waals surface area contributed by atoms with Crippen LogP contribution < -0.4 is 6.15 Å². The van der Waals surface area contributed by atoms with E-state index < -0.39 is 9.41 Å². The minimum atomic E-state index is -6.61. The summed E-state index contributed by atoms with van der Waals surface area (Å²) in [7, 11) is -6.61. The normalized spacial score (nSPS) is 10.0. The molecule has 0 rings (SSSR count). The van der Waals surface area contributed by atoms with Gasteiger partial charge >= 0.3 is 9.41 Å². The van der Waals surface area contributed by atoms with Gasteiger partial charge < -0.3 is 0 Å². The third-order valence-corrected chi connectivity index (χ3v) is 0. The average Bonchev–Trinajstić information content (AvgIpc) is 0.722. The van der Waals surface area contributed by atoms with Gasteiger partial charge in [0.15, 0.2) is 0 Å². The van der Waals surface area contributed by atoms with Crippen molar-refractivity contribution in [2.75, 3.05) is 0 Å². The van der Waals surface area contributed by atoms with E-state index in [9.17, 15) is 16.4 Å². The van der Waals surface area contributed by atoms with Crippen LogP contribution in [0.2, 0.25) is 0 Å². The van der Waals surface area contributed by atoms with Gasteiger partial charge in [-0.3, -0.25) is 0 Å². The molecule has 0 saturated heterocycles. The lowest BCUT2D eigenvalue weighted by atomic mass is 14.0. The number of hydrogen-bond acceptors (Lipinski definition) is 0. The van der Waals surface area contributed by atoms with Crippen molar-refractivity contribution >= 4 is 9.41 Å². The number of rotatable bonds is 0. The third-order valence-electron chi connectivity index (χ3n) is 0. The molecule has 0 aromatic heterocycles. The molecule has 0 amide bonds. The predicted molar refractivity (Wildman–Crippen MR) is 12.3 cm³/mol. The van der Waals surface area contributed by atoms with Crippen LogP contribution in [-0.2, 0) is 0 Å². The van der Waals surface area contributed by atoms with Crippen molar-refractivity contribution in [3.63, 3.8) is 0 Å². The Hall–Kier alpha value is -0.103. The Morgan fingerprint density at radius 3 is 0.833 bits per heavy atom. The molecular formula is F4NSi. The zero-order chi connectivity index (χ0) is 4.50. The monoisotopic (exact) mass is 118 g/mol. The summed E-state index contributed by atoms with van der Waals surface area (Å²) in [6, 6.07) is 0. The Bertz CT molecular complexity index is 23.0. The molecule has 6 heavy (non-hydrogen) atoms. The van der Waals surface area contributed by atoms with Crippen molar-refractivity contribution < 1.29 is 16.4 Å². The van der Waals surface area contributed by atoms with Crippen LogP contribution in [0.25, 0.3) is 0 Å². The van der Waals surface area contributed by atoms with Gasteiger partial charge in [-0.05, 0) is 0 Å². The first kappa shape index (κ1) is 9.31. The lowest BCUT2D eigenvalue weighted by molar-refractivity contribution is 0.368. The molecule has 1 nitrogen and oxygen atoms in total. The van der Waals surface area contributed by atoms with Crippen molar-refractivity contribution in [3.8, 4) is 0 Å². The molecule has 0 aromatic carbocycles. The summed E-state index contributed by atoms with van der Waals surface area (Å²) in [6.07, 6.45) is 0. The molecule has 0 aliphatic carbocycles. The van der Waals surface area contributed by atoms with Gasteiger partial charge in [0.1, 0.15) is 0 Å². The fourth-order valence-corrected chi connectivity index (χ4v) is 0. The lowest BCUT2D eigenvalue weighted by Gasteiger charge is -1.75. The summed E-state index contributed by atoms with van der Waals surface area (Å²) in [6.45, 7) is 0. The summed E-state index contributed by atoms with van der Waals surface area (Å²) in [4.78, 5) is 0. The van der Waals surface area contributed by atoms with Gasteiger partial charge in [0.25, 0.3) is 0 Å². The minimum Gasteiger partial charge on any atom is -0.211 e. The van der Waals surface area contributed by atoms with Gasteiger partial charge in [0.05, 0.1) is 0 Å². The van der Waals surface area contributed by atoms with Gasteiger partial charge in [0.2, 0.25) is 0 Å². The molecule has 37 valence electrons. The molecule has 0 atom stereocenters. The Labute approximate surface area is 33.2 Å². The molecule has 0 bridgehead atoms. The van der Waals surface area contributed by atoms with Crippen molar-refractivity contribution in [1.29, 1.82) is 0 Å². The first-order chi connectivity index (χ1) is 2.00. The maximum absolute atomic E-state index is 9.83. The van der Waals surface area contributed by atoms with E-state index in [-0.39, 0.29) is 6.15 Å². The maximum Gasteiger partial charge on any atom is 0.844 e. The molecule has 0 saturated carbocycles. The SMILES string of the molecule is F[Si](F)(F)F.[N]. The molecule has 3 radical (unpaired) electrons. The van der Waals surface area contributed by atoms with Crippen LogP contribution in [0.3, 0.4) is 0 Å². The van der Waals surface area contributed by atoms with E-state index in [0.29, 0.717) is 0 Å². The van der Waals surface area contributed by atoms with Gasteiger partial charge in [0, 0.05) is 6.15 Å². The van der Waals surface area contributed by atoms with Crippen LogP contribution in [0.5, 0.6) is 0 Å². The second-order valence-corrected chi connectivity index (χ2v) is 1.29. The van der Waals surface area contributed by atoms with E-state index in [1.807, 2.05) is 0 Å². The van der Waals surface area contributed by atoms with E-state index in [1.54, 1.807) is 0 Å². The molecule has 0 N–H and O–H groups in total. The highest BCUT2D eigenvalue weighted by Gasteiger charge is 2.39. The fraction of sp³-hybridized carbons (Fsp3) is 0. The highest BCUT2D eigenvalue weighted by molar-refractivity contribution is 6.50. The van der Waals surface area contributed by atoms with Gasteiger partial charge in [-0.2, -0.15) is 0 Å². The quantitative estimate of drug-likeness (QED) is 0.256. The molecule has 6 heteroatoms. The number of nitrogens with zero attached hydrogens (tertiary/aromatic N) is 1. The molecule has 0 aliphatic heterocycles. The molecule has 0 spiro atoms. The van der Waals surface area contributed by atoms with Crippen molar-refractivity contribution in [2.45, 2.75) is 0 Å². The largest absolute Gasteiger partial charge is 0.844 e. The molecule has 0 heterocycles. The van der Waals surface area contributed by atoms with Crippen molar-refractivity contribution in [3.05, 3.63) is 0 Å². The third kappa shape index (κ3) is 3080. The minimum absolute atomic E-state index is 0. The molecule has 0 fully saturated rings. The van der Waals surface area contributed by atoms with Gasteiger partial charge in [-0.15, -0.1) is 0 Å². The highest BCUT2D eigenvalue weighted by atomic mass is 28.5. The average molecular weight is 118 g/mol. The van der Waals surface area contributed by atoms with Gasteiger partial charge in [-0.25, -0.2) is 16.4 Å². The standard InChI is InChI=1S/F4Si.N/c1-5(2,3)4;. The first-order valence-corrected chi connectivity index (χ1v) is 2.27. The van der Waals surface area contributed by atoms with Crippen LogP contribution in [0.15, 0.2) is 0 Å². The topological polar surface area (TPSA) is 30.5 Å². The molecule has 0 aliphatic rings. The van der Waals surface area contributed by atoms with Crippen molar-refractivity contribution in [2.24, 2.45) is 0 Å². The first-order valence-electron chi connectivity index (χ1n) is 0.756. The van der Waals surface area contributed by atoms with Crippen molar-refractivity contribution in [1.82, 2.24) is 6.15 Å². The zero-order valence-corrected chi connectivity index (χ0v) is 3.46. The van der Waals surface area contributed by atoms with Crippen LogP contribution in [0.4, 0.5) is 16.4 Å². The van der Waals surface area contributed by atoms with Crippen LogP contribution >= 0.6 is 0 Å². The molecule has 0 aromatic rings. The van der Waals surface area contributed by atoms with E-state index in [0.717, 1.165) is 0 Å². The zero-order valence-electron chi connectivity index (χ0n) is 2.46. The van der Waals surface area contributed by atoms with Gasteiger partial charge in [-0.1, -0.05) is 0 Å². The van der Waals surface area contributed by atoms with Crippen LogP contribution in [0, 0.1) is 0 Å². The Morgan fingerprint density at radius 2 is 0.833 bits per heavy atom. The number of halogens is 4. The lowest BCUT2D eigenvalue weighted by Crippen LogP contribution is -2.02. The summed E-state index contributed by atoms with van der Waals surface area (Å²) in [5, 5.41) is 0. The van der Waals surface area contributed by atoms with E-state index >= 15 is 0 Å². The summed E-state index contributed by atoms with van der Waals surface area (Å²) >= 11 is 0. The van der Waals surface area contributed by atoms with E-state index in [4.69, 9.17) is 0 Å². The smallest absolute Gasteiger partial charge is 0.211 e. The molecule has 0 unspecified atom stereocenters. The Kier molecular flexibility index (Phi) is 3.32. The second kappa shape index (κ2) is 2.14. The summed E-state index contributed by atoms with van der Waals surface area (Å²) < 4.78 is 39.3. The van der Waals surface area contributed by atoms with Crippen LogP contribution in [-0.4, -0.2) is 9.41 Å². The fourth-order valence-electron chi connectivity index (χ4n) is 0. The second-order valence-electron chi connectivity index (χ2n) is 0.429. The Balaban J connectivity index is 0.